The Kier molecular flexibility index (Phi) is 4.61. The molecule has 6 nitrogen and oxygen atoms in total. The van der Waals surface area contributed by atoms with Crippen molar-refractivity contribution in [3.05, 3.63) is 93.3 Å². The number of hydrogen-bond donors (Lipinski definition) is 1. The standard InChI is InChI=1S/C19H17N3O3/c1-14-6-5-7-15(12-14)20-17(23)13-21-10-11-22(19(25)18(21)24)16-8-3-2-4-9-16/h2-12H,13H2,1H3,(H,20,23). The van der Waals surface area contributed by atoms with E-state index in [2.05, 4.69) is 5.32 Å². The van der Waals surface area contributed by atoms with E-state index in [-0.39, 0.29) is 12.5 Å². The highest BCUT2D eigenvalue weighted by atomic mass is 16.2. The van der Waals surface area contributed by atoms with Crippen LogP contribution in [0.5, 0.6) is 0 Å². The Labute approximate surface area is 144 Å². The summed E-state index contributed by atoms with van der Waals surface area (Å²) in [6.07, 6.45) is 2.92. The first-order valence-electron chi connectivity index (χ1n) is 7.78. The average molecular weight is 335 g/mol. The second kappa shape index (κ2) is 7.00. The molecule has 0 spiro atoms. The van der Waals surface area contributed by atoms with E-state index in [0.29, 0.717) is 11.4 Å². The molecule has 1 amide bonds. The molecule has 2 aromatic carbocycles. The highest BCUT2D eigenvalue weighted by Crippen LogP contribution is 2.09. The topological polar surface area (TPSA) is 73.1 Å². The molecule has 6 heteroatoms. The third-order valence-corrected chi connectivity index (χ3v) is 3.71. The minimum absolute atomic E-state index is 0.225. The second-order valence-corrected chi connectivity index (χ2v) is 5.66. The highest BCUT2D eigenvalue weighted by molar-refractivity contribution is 5.90. The number of hydrogen-bond acceptors (Lipinski definition) is 3. The fourth-order valence-electron chi connectivity index (χ4n) is 2.50. The number of amides is 1. The lowest BCUT2D eigenvalue weighted by Crippen LogP contribution is -2.41. The SMILES string of the molecule is Cc1cccc(NC(=O)Cn2ccn(-c3ccccc3)c(=O)c2=O)c1. The molecule has 0 bridgehead atoms. The van der Waals surface area contributed by atoms with Crippen LogP contribution >= 0.6 is 0 Å². The molecule has 0 atom stereocenters. The van der Waals surface area contributed by atoms with Crippen molar-refractivity contribution in [2.45, 2.75) is 13.5 Å². The van der Waals surface area contributed by atoms with E-state index in [4.69, 9.17) is 0 Å². The van der Waals surface area contributed by atoms with Gasteiger partial charge in [0, 0.05) is 23.8 Å². The first kappa shape index (κ1) is 16.4. The third kappa shape index (κ3) is 3.74. The first-order chi connectivity index (χ1) is 12.0. The van der Waals surface area contributed by atoms with Gasteiger partial charge in [0.25, 0.3) is 0 Å². The van der Waals surface area contributed by atoms with Crippen LogP contribution in [0, 0.1) is 6.92 Å². The van der Waals surface area contributed by atoms with Gasteiger partial charge in [-0.15, -0.1) is 0 Å². The minimum atomic E-state index is -0.745. The number of carbonyl (C=O) groups is 1. The normalized spacial score (nSPS) is 10.4. The van der Waals surface area contributed by atoms with Crippen molar-refractivity contribution in [2.24, 2.45) is 0 Å². The molecule has 0 unspecified atom stereocenters. The number of anilines is 1. The van der Waals surface area contributed by atoms with Crippen LogP contribution in [0.15, 0.2) is 76.6 Å². The van der Waals surface area contributed by atoms with Gasteiger partial charge in [0.2, 0.25) is 5.91 Å². The number of carbonyl (C=O) groups excluding carboxylic acids is 1. The smallest absolute Gasteiger partial charge is 0.320 e. The van der Waals surface area contributed by atoms with E-state index in [9.17, 15) is 14.4 Å². The molecule has 0 saturated carbocycles. The summed E-state index contributed by atoms with van der Waals surface area (Å²) < 4.78 is 2.37. The number of para-hydroxylation sites is 1. The number of aryl methyl sites for hydroxylation is 1. The molecule has 0 aliphatic heterocycles. The molecule has 1 N–H and O–H groups in total. The summed E-state index contributed by atoms with van der Waals surface area (Å²) >= 11 is 0. The first-order valence-corrected chi connectivity index (χ1v) is 7.78. The Hall–Kier alpha value is -3.41. The Morgan fingerprint density at radius 3 is 2.44 bits per heavy atom. The van der Waals surface area contributed by atoms with Gasteiger partial charge in [-0.05, 0) is 36.8 Å². The van der Waals surface area contributed by atoms with Gasteiger partial charge in [0.15, 0.2) is 0 Å². The fourth-order valence-corrected chi connectivity index (χ4v) is 2.50. The van der Waals surface area contributed by atoms with Crippen LogP contribution in [0.25, 0.3) is 5.69 Å². The Morgan fingerprint density at radius 1 is 0.960 bits per heavy atom. The number of nitrogens with zero attached hydrogens (tertiary/aromatic N) is 2. The van der Waals surface area contributed by atoms with E-state index in [1.54, 1.807) is 30.3 Å². The predicted octanol–water partition coefficient (Wildman–Crippen LogP) is 1.95. The van der Waals surface area contributed by atoms with Crippen molar-refractivity contribution < 1.29 is 4.79 Å². The maximum atomic E-state index is 12.3. The summed E-state index contributed by atoms with van der Waals surface area (Å²) in [4.78, 5) is 36.7. The molecule has 0 radical (unpaired) electrons. The molecule has 3 aromatic rings. The summed E-state index contributed by atoms with van der Waals surface area (Å²) in [6, 6.07) is 16.2. The summed E-state index contributed by atoms with van der Waals surface area (Å²) in [5, 5.41) is 2.72. The van der Waals surface area contributed by atoms with E-state index >= 15 is 0 Å². The lowest BCUT2D eigenvalue weighted by Gasteiger charge is -2.10. The summed E-state index contributed by atoms with van der Waals surface area (Å²) in [7, 11) is 0. The zero-order chi connectivity index (χ0) is 17.8. The van der Waals surface area contributed by atoms with Crippen LogP contribution in [-0.4, -0.2) is 15.0 Å². The van der Waals surface area contributed by atoms with Crippen molar-refractivity contribution in [1.29, 1.82) is 0 Å². The van der Waals surface area contributed by atoms with Crippen molar-refractivity contribution >= 4 is 11.6 Å². The van der Waals surface area contributed by atoms with E-state index in [1.165, 1.54) is 17.0 Å². The van der Waals surface area contributed by atoms with Crippen LogP contribution < -0.4 is 16.4 Å². The molecule has 0 aliphatic rings. The van der Waals surface area contributed by atoms with Gasteiger partial charge >= 0.3 is 11.1 Å². The molecule has 126 valence electrons. The van der Waals surface area contributed by atoms with Gasteiger partial charge in [-0.1, -0.05) is 30.3 Å². The van der Waals surface area contributed by atoms with Gasteiger partial charge in [0.1, 0.15) is 6.54 Å². The molecule has 25 heavy (non-hydrogen) atoms. The van der Waals surface area contributed by atoms with Crippen molar-refractivity contribution in [2.75, 3.05) is 5.32 Å². The molecule has 0 fully saturated rings. The van der Waals surface area contributed by atoms with Crippen LogP contribution in [0.4, 0.5) is 5.69 Å². The van der Waals surface area contributed by atoms with Crippen LogP contribution in [0.1, 0.15) is 5.56 Å². The molecular weight excluding hydrogens is 318 g/mol. The van der Waals surface area contributed by atoms with Crippen molar-refractivity contribution in [1.82, 2.24) is 9.13 Å². The molecule has 1 heterocycles. The zero-order valence-corrected chi connectivity index (χ0v) is 13.7. The van der Waals surface area contributed by atoms with Crippen LogP contribution in [0.2, 0.25) is 0 Å². The third-order valence-electron chi connectivity index (χ3n) is 3.71. The van der Waals surface area contributed by atoms with E-state index in [1.807, 2.05) is 31.2 Å². The van der Waals surface area contributed by atoms with Gasteiger partial charge < -0.3 is 5.32 Å². The van der Waals surface area contributed by atoms with Crippen molar-refractivity contribution in [3.8, 4) is 5.69 Å². The van der Waals surface area contributed by atoms with Crippen molar-refractivity contribution in [3.63, 3.8) is 0 Å². The van der Waals surface area contributed by atoms with E-state index in [0.717, 1.165) is 10.1 Å². The zero-order valence-electron chi connectivity index (χ0n) is 13.7. The summed E-state index contributed by atoms with van der Waals surface area (Å²) in [5.74, 6) is -0.371. The second-order valence-electron chi connectivity index (χ2n) is 5.66. The predicted molar refractivity (Wildman–Crippen MR) is 96.1 cm³/mol. The quantitative estimate of drug-likeness (QED) is 0.741. The average Bonchev–Trinajstić information content (AvgIpc) is 2.60. The fraction of sp³-hybridized carbons (Fsp3) is 0.105. The van der Waals surface area contributed by atoms with Gasteiger partial charge in [-0.2, -0.15) is 0 Å². The number of benzene rings is 2. The highest BCUT2D eigenvalue weighted by Gasteiger charge is 2.10. The Bertz CT molecular complexity index is 1020. The molecule has 0 aliphatic carbocycles. The van der Waals surface area contributed by atoms with Crippen LogP contribution in [0.3, 0.4) is 0 Å². The van der Waals surface area contributed by atoms with Crippen LogP contribution in [-0.2, 0) is 11.3 Å². The lowest BCUT2D eigenvalue weighted by atomic mass is 10.2. The number of rotatable bonds is 4. The Morgan fingerprint density at radius 2 is 1.72 bits per heavy atom. The molecular formula is C19H17N3O3. The minimum Gasteiger partial charge on any atom is -0.325 e. The largest absolute Gasteiger partial charge is 0.325 e. The molecule has 0 saturated heterocycles. The van der Waals surface area contributed by atoms with Gasteiger partial charge in [0.05, 0.1) is 0 Å². The monoisotopic (exact) mass is 335 g/mol. The summed E-state index contributed by atoms with van der Waals surface area (Å²) in [6.45, 7) is 1.70. The summed E-state index contributed by atoms with van der Waals surface area (Å²) in [5.41, 5.74) is 0.819. The number of aromatic nitrogens is 2. The lowest BCUT2D eigenvalue weighted by molar-refractivity contribution is -0.116. The maximum Gasteiger partial charge on any atom is 0.320 e. The van der Waals surface area contributed by atoms with Gasteiger partial charge in [-0.25, -0.2) is 0 Å². The number of nitrogens with one attached hydrogen (secondary N) is 1. The van der Waals surface area contributed by atoms with E-state index < -0.39 is 11.1 Å². The maximum absolute atomic E-state index is 12.3. The Balaban J connectivity index is 1.82. The van der Waals surface area contributed by atoms with Gasteiger partial charge in [-0.3, -0.25) is 23.5 Å². The molecule has 1 aromatic heterocycles. The molecule has 3 rings (SSSR count).